The Morgan fingerprint density at radius 3 is 2.53 bits per heavy atom. The van der Waals surface area contributed by atoms with E-state index in [9.17, 15) is 13.2 Å². The molecule has 1 N–H and O–H groups in total. The number of nitrogens with zero attached hydrogens (tertiary/aromatic N) is 4. The van der Waals surface area contributed by atoms with Gasteiger partial charge in [0.2, 0.25) is 10.0 Å². The van der Waals surface area contributed by atoms with Crippen LogP contribution in [0.25, 0.3) is 11.0 Å². The molecule has 0 saturated carbocycles. The van der Waals surface area contributed by atoms with Crippen LogP contribution in [0.4, 0.5) is 5.69 Å². The molecule has 5 rings (SSSR count). The zero-order valence-electron chi connectivity index (χ0n) is 18.3. The molecule has 1 aliphatic heterocycles. The van der Waals surface area contributed by atoms with Crippen molar-refractivity contribution in [2.45, 2.75) is 11.4 Å². The molecule has 10 heteroatoms. The number of morpholine rings is 1. The molecule has 1 aliphatic rings. The average molecular weight is 478 g/mol. The van der Waals surface area contributed by atoms with E-state index in [1.54, 1.807) is 24.3 Å². The van der Waals surface area contributed by atoms with Crippen molar-refractivity contribution in [2.24, 2.45) is 0 Å². The largest absolute Gasteiger partial charge is 0.379 e. The molecule has 0 radical (unpaired) electrons. The molecule has 1 amide bonds. The zero-order valence-corrected chi connectivity index (χ0v) is 19.1. The fourth-order valence-electron chi connectivity index (χ4n) is 3.84. The van der Waals surface area contributed by atoms with Gasteiger partial charge in [0.1, 0.15) is 5.52 Å². The molecule has 1 aromatic heterocycles. The van der Waals surface area contributed by atoms with Crippen molar-refractivity contribution in [3.8, 4) is 0 Å². The van der Waals surface area contributed by atoms with Crippen molar-refractivity contribution >= 4 is 32.7 Å². The lowest BCUT2D eigenvalue weighted by molar-refractivity contribution is 0.0730. The summed E-state index contributed by atoms with van der Waals surface area (Å²) in [6, 6.07) is 21.2. The van der Waals surface area contributed by atoms with Crippen molar-refractivity contribution in [3.63, 3.8) is 0 Å². The number of amides is 1. The van der Waals surface area contributed by atoms with E-state index in [1.165, 1.54) is 16.4 Å². The van der Waals surface area contributed by atoms with Gasteiger partial charge in [-0.2, -0.15) is 4.31 Å². The lowest BCUT2D eigenvalue weighted by atomic mass is 10.1. The highest BCUT2D eigenvalue weighted by Gasteiger charge is 2.26. The van der Waals surface area contributed by atoms with Crippen LogP contribution in [0.5, 0.6) is 0 Å². The molecule has 0 unspecified atom stereocenters. The number of carbonyl (C=O) groups excluding carboxylic acids is 1. The van der Waals surface area contributed by atoms with E-state index in [-0.39, 0.29) is 10.8 Å². The number of carbonyl (C=O) groups is 1. The second-order valence-corrected chi connectivity index (χ2v) is 9.87. The Bertz CT molecular complexity index is 1430. The number of aromatic nitrogens is 3. The molecule has 9 nitrogen and oxygen atoms in total. The number of sulfonamides is 1. The standard InChI is InChI=1S/C24H23N5O4S/c30-24(25-20-4-3-5-21(16-20)34(31,32)28-12-14-33-15-13-28)19-10-8-18(9-11-19)17-29-23-7-2-1-6-22(23)26-27-29/h1-11,16H,12-15,17H2,(H,25,30). The minimum Gasteiger partial charge on any atom is -0.379 e. The molecule has 4 aromatic rings. The molecular weight excluding hydrogens is 454 g/mol. The Kier molecular flexibility index (Phi) is 6.10. The summed E-state index contributed by atoms with van der Waals surface area (Å²) in [4.78, 5) is 12.9. The summed E-state index contributed by atoms with van der Waals surface area (Å²) in [7, 11) is -3.64. The van der Waals surface area contributed by atoms with Crippen LogP contribution in [0.2, 0.25) is 0 Å². The van der Waals surface area contributed by atoms with Crippen LogP contribution >= 0.6 is 0 Å². The summed E-state index contributed by atoms with van der Waals surface area (Å²) in [5, 5.41) is 11.1. The SMILES string of the molecule is O=C(Nc1cccc(S(=O)(=O)N2CCOCC2)c1)c1ccc(Cn2nnc3ccccc32)cc1. The van der Waals surface area contributed by atoms with Gasteiger partial charge in [0, 0.05) is 24.3 Å². The predicted molar refractivity (Wildman–Crippen MR) is 127 cm³/mol. The third kappa shape index (κ3) is 4.56. The first-order chi connectivity index (χ1) is 16.5. The molecule has 2 heterocycles. The van der Waals surface area contributed by atoms with Gasteiger partial charge in [0.05, 0.1) is 30.2 Å². The van der Waals surface area contributed by atoms with Crippen molar-refractivity contribution in [3.05, 3.63) is 83.9 Å². The van der Waals surface area contributed by atoms with Crippen molar-refractivity contribution in [1.82, 2.24) is 19.3 Å². The molecule has 3 aromatic carbocycles. The van der Waals surface area contributed by atoms with Gasteiger partial charge in [-0.25, -0.2) is 13.1 Å². The van der Waals surface area contributed by atoms with Crippen LogP contribution in [0.15, 0.2) is 77.7 Å². The lowest BCUT2D eigenvalue weighted by Gasteiger charge is -2.26. The summed E-state index contributed by atoms with van der Waals surface area (Å²) in [5.74, 6) is -0.321. The Balaban J connectivity index is 1.28. The van der Waals surface area contributed by atoms with E-state index < -0.39 is 10.0 Å². The Morgan fingerprint density at radius 2 is 1.74 bits per heavy atom. The molecule has 0 aliphatic carbocycles. The normalized spacial score (nSPS) is 14.8. The predicted octanol–water partition coefficient (Wildman–Crippen LogP) is 2.75. The molecule has 34 heavy (non-hydrogen) atoms. The number of para-hydroxylation sites is 1. The van der Waals surface area contributed by atoms with Gasteiger partial charge >= 0.3 is 0 Å². The second-order valence-electron chi connectivity index (χ2n) is 7.93. The minimum absolute atomic E-state index is 0.141. The fourth-order valence-corrected chi connectivity index (χ4v) is 5.30. The van der Waals surface area contributed by atoms with Crippen LogP contribution in [-0.4, -0.2) is 59.9 Å². The molecule has 1 saturated heterocycles. The van der Waals surface area contributed by atoms with Gasteiger partial charge in [0.15, 0.2) is 0 Å². The zero-order chi connectivity index (χ0) is 23.5. The number of fused-ring (bicyclic) bond motifs is 1. The lowest BCUT2D eigenvalue weighted by Crippen LogP contribution is -2.40. The number of anilines is 1. The average Bonchev–Trinajstić information content (AvgIpc) is 3.28. The van der Waals surface area contributed by atoms with Crippen LogP contribution in [-0.2, 0) is 21.3 Å². The maximum atomic E-state index is 12.9. The number of hydrogen-bond donors (Lipinski definition) is 1. The van der Waals surface area contributed by atoms with Gasteiger partial charge < -0.3 is 10.1 Å². The highest BCUT2D eigenvalue weighted by molar-refractivity contribution is 7.89. The summed E-state index contributed by atoms with van der Waals surface area (Å²) < 4.78 is 34.2. The third-order valence-corrected chi connectivity index (χ3v) is 7.56. The van der Waals surface area contributed by atoms with E-state index in [0.717, 1.165) is 16.6 Å². The topological polar surface area (TPSA) is 106 Å². The molecule has 0 atom stereocenters. The number of ether oxygens (including phenoxy) is 1. The third-order valence-electron chi connectivity index (χ3n) is 5.67. The van der Waals surface area contributed by atoms with Gasteiger partial charge in [-0.15, -0.1) is 5.10 Å². The van der Waals surface area contributed by atoms with Gasteiger partial charge in [-0.05, 0) is 48.0 Å². The first-order valence-corrected chi connectivity index (χ1v) is 12.3. The second kappa shape index (κ2) is 9.34. The number of nitrogens with one attached hydrogen (secondary N) is 1. The smallest absolute Gasteiger partial charge is 0.255 e. The minimum atomic E-state index is -3.64. The van der Waals surface area contributed by atoms with Gasteiger partial charge in [-0.1, -0.05) is 35.5 Å². The summed E-state index contributed by atoms with van der Waals surface area (Å²) in [6.07, 6.45) is 0. The molecule has 0 spiro atoms. The summed E-state index contributed by atoms with van der Waals surface area (Å²) in [5.41, 5.74) is 3.63. The molecule has 174 valence electrons. The number of benzene rings is 3. The Hall–Kier alpha value is -3.60. The van der Waals surface area contributed by atoms with Crippen molar-refractivity contribution in [2.75, 3.05) is 31.6 Å². The van der Waals surface area contributed by atoms with Crippen LogP contribution in [0, 0.1) is 0 Å². The molecule has 0 bridgehead atoms. The van der Waals surface area contributed by atoms with Crippen LogP contribution in [0.1, 0.15) is 15.9 Å². The summed E-state index contributed by atoms with van der Waals surface area (Å²) in [6.45, 7) is 1.91. The van der Waals surface area contributed by atoms with Crippen molar-refractivity contribution in [1.29, 1.82) is 0 Å². The van der Waals surface area contributed by atoms with Gasteiger partial charge in [-0.3, -0.25) is 4.79 Å². The van der Waals surface area contributed by atoms with Crippen molar-refractivity contribution < 1.29 is 17.9 Å². The Morgan fingerprint density at radius 1 is 0.971 bits per heavy atom. The number of rotatable bonds is 6. The summed E-state index contributed by atoms with van der Waals surface area (Å²) >= 11 is 0. The first kappa shape index (κ1) is 22.2. The molecule has 1 fully saturated rings. The maximum absolute atomic E-state index is 12.9. The van der Waals surface area contributed by atoms with E-state index >= 15 is 0 Å². The monoisotopic (exact) mass is 477 g/mol. The quantitative estimate of drug-likeness (QED) is 0.458. The maximum Gasteiger partial charge on any atom is 0.255 e. The van der Waals surface area contributed by atoms with Crippen LogP contribution in [0.3, 0.4) is 0 Å². The Labute approximate surface area is 197 Å². The van der Waals surface area contributed by atoms with E-state index in [1.807, 2.05) is 41.1 Å². The van der Waals surface area contributed by atoms with E-state index in [0.29, 0.717) is 44.1 Å². The highest BCUT2D eigenvalue weighted by atomic mass is 32.2. The van der Waals surface area contributed by atoms with E-state index in [4.69, 9.17) is 4.74 Å². The fraction of sp³-hybridized carbons (Fsp3) is 0.208. The van der Waals surface area contributed by atoms with E-state index in [2.05, 4.69) is 15.6 Å². The first-order valence-electron chi connectivity index (χ1n) is 10.9. The highest BCUT2D eigenvalue weighted by Crippen LogP contribution is 2.21. The number of hydrogen-bond acceptors (Lipinski definition) is 6. The molecular formula is C24H23N5O4S. The van der Waals surface area contributed by atoms with Gasteiger partial charge in [0.25, 0.3) is 5.91 Å². The van der Waals surface area contributed by atoms with Crippen LogP contribution < -0.4 is 5.32 Å².